The Balaban J connectivity index is 0.00000243. The molecular weight excluding hydrogens is 366 g/mol. The number of likely N-dealkylation sites (tertiary alicyclic amines) is 1. The summed E-state index contributed by atoms with van der Waals surface area (Å²) in [6.07, 6.45) is 2.33. The zero-order valence-electron chi connectivity index (χ0n) is 14.2. The van der Waals surface area contributed by atoms with E-state index in [-0.39, 0.29) is 36.0 Å². The van der Waals surface area contributed by atoms with Crippen LogP contribution in [0, 0.1) is 5.92 Å². The maximum atomic E-state index is 12.9. The van der Waals surface area contributed by atoms with Crippen LogP contribution in [0.3, 0.4) is 0 Å². The smallest absolute Gasteiger partial charge is 0.387 e. The number of nitrogens with zero attached hydrogens (tertiary/aromatic N) is 2. The minimum absolute atomic E-state index is 0. The van der Waals surface area contributed by atoms with E-state index in [1.165, 1.54) is 18.3 Å². The number of aromatic amines is 1. The van der Waals surface area contributed by atoms with Crippen molar-refractivity contribution in [3.8, 4) is 17.0 Å². The van der Waals surface area contributed by atoms with Crippen molar-refractivity contribution in [2.24, 2.45) is 11.7 Å². The van der Waals surface area contributed by atoms with Crippen molar-refractivity contribution >= 4 is 18.3 Å². The van der Waals surface area contributed by atoms with Crippen molar-refractivity contribution in [3.05, 3.63) is 36.0 Å². The van der Waals surface area contributed by atoms with E-state index in [9.17, 15) is 13.6 Å². The van der Waals surface area contributed by atoms with E-state index in [2.05, 4.69) is 14.9 Å². The van der Waals surface area contributed by atoms with Crippen LogP contribution in [-0.2, 0) is 0 Å². The molecular formula is C17H21ClF2N4O2. The molecule has 2 atom stereocenters. The molecule has 6 nitrogen and oxygen atoms in total. The second-order valence-electron chi connectivity index (χ2n) is 6.21. The maximum absolute atomic E-state index is 12.9. The van der Waals surface area contributed by atoms with Gasteiger partial charge in [0, 0.05) is 18.2 Å². The first-order chi connectivity index (χ1) is 12.0. The van der Waals surface area contributed by atoms with Gasteiger partial charge >= 0.3 is 6.61 Å². The Morgan fingerprint density at radius 2 is 2.27 bits per heavy atom. The molecule has 1 aliphatic rings. The minimum Gasteiger partial charge on any atom is -0.435 e. The normalized spacial score (nSPS) is 19.5. The summed E-state index contributed by atoms with van der Waals surface area (Å²) >= 11 is 0. The van der Waals surface area contributed by atoms with Gasteiger partial charge < -0.3 is 15.4 Å². The molecule has 1 aromatic heterocycles. The first kappa shape index (κ1) is 20.1. The fourth-order valence-electron chi connectivity index (χ4n) is 3.25. The molecule has 0 radical (unpaired) electrons. The summed E-state index contributed by atoms with van der Waals surface area (Å²) in [4.78, 5) is 14.7. The third-order valence-electron chi connectivity index (χ3n) is 4.47. The number of carbonyl (C=O) groups is 1. The highest BCUT2D eigenvalue weighted by Gasteiger charge is 2.33. The van der Waals surface area contributed by atoms with Gasteiger partial charge in [0.2, 0.25) is 0 Å². The number of halogens is 3. The number of rotatable bonds is 5. The number of ether oxygens (including phenoxy) is 1. The van der Waals surface area contributed by atoms with Gasteiger partial charge in [-0.15, -0.1) is 12.4 Å². The van der Waals surface area contributed by atoms with Crippen molar-refractivity contribution in [3.63, 3.8) is 0 Å². The number of aromatic nitrogens is 2. The Bertz CT molecular complexity index is 756. The summed E-state index contributed by atoms with van der Waals surface area (Å²) < 4.78 is 29.2. The number of H-pyrrole nitrogens is 1. The topological polar surface area (TPSA) is 84.2 Å². The van der Waals surface area contributed by atoms with E-state index in [0.29, 0.717) is 29.9 Å². The number of nitrogens with two attached hydrogens (primary N) is 1. The van der Waals surface area contributed by atoms with Gasteiger partial charge in [-0.1, -0.05) is 12.1 Å². The predicted molar refractivity (Wildman–Crippen MR) is 95.6 cm³/mol. The average Bonchev–Trinajstić information content (AvgIpc) is 3.20. The summed E-state index contributed by atoms with van der Waals surface area (Å²) in [6, 6.07) is 6.27. The highest BCUT2D eigenvalue weighted by atomic mass is 35.5. The van der Waals surface area contributed by atoms with Crippen molar-refractivity contribution in [1.29, 1.82) is 0 Å². The molecule has 1 aromatic carbocycles. The van der Waals surface area contributed by atoms with Crippen LogP contribution in [0.1, 0.15) is 23.7 Å². The Morgan fingerprint density at radius 1 is 1.50 bits per heavy atom. The molecule has 3 rings (SSSR count). The molecule has 9 heteroatoms. The first-order valence-electron chi connectivity index (χ1n) is 8.09. The van der Waals surface area contributed by atoms with E-state index < -0.39 is 6.61 Å². The number of benzene rings is 1. The Labute approximate surface area is 156 Å². The van der Waals surface area contributed by atoms with E-state index in [0.717, 1.165) is 6.42 Å². The number of hydrogen-bond acceptors (Lipinski definition) is 4. The first-order valence-corrected chi connectivity index (χ1v) is 8.09. The Morgan fingerprint density at radius 3 is 2.92 bits per heavy atom. The van der Waals surface area contributed by atoms with Gasteiger partial charge in [-0.3, -0.25) is 9.89 Å². The van der Waals surface area contributed by atoms with Gasteiger partial charge in [0.05, 0.1) is 17.5 Å². The zero-order valence-corrected chi connectivity index (χ0v) is 15.0. The van der Waals surface area contributed by atoms with Gasteiger partial charge in [-0.25, -0.2) is 0 Å². The molecule has 0 aliphatic carbocycles. The minimum atomic E-state index is -2.91. The van der Waals surface area contributed by atoms with Gasteiger partial charge in [0.1, 0.15) is 5.75 Å². The van der Waals surface area contributed by atoms with Gasteiger partial charge in [-0.2, -0.15) is 13.9 Å². The lowest BCUT2D eigenvalue weighted by molar-refractivity contribution is -0.0498. The van der Waals surface area contributed by atoms with Gasteiger partial charge in [-0.05, 0) is 37.9 Å². The molecule has 0 spiro atoms. The highest BCUT2D eigenvalue weighted by Crippen LogP contribution is 2.29. The van der Waals surface area contributed by atoms with Crippen LogP contribution in [0.5, 0.6) is 5.75 Å². The zero-order chi connectivity index (χ0) is 18.0. The number of hydrogen-bond donors (Lipinski definition) is 2. The summed E-state index contributed by atoms with van der Waals surface area (Å²) in [5.41, 5.74) is 7.16. The molecule has 2 heterocycles. The Hall–Kier alpha value is -2.19. The lowest BCUT2D eigenvalue weighted by atomic mass is 10.1. The lowest BCUT2D eigenvalue weighted by Gasteiger charge is -2.21. The summed E-state index contributed by atoms with van der Waals surface area (Å²) in [6.45, 7) is 0.233. The van der Waals surface area contributed by atoms with Gasteiger partial charge in [0.15, 0.2) is 0 Å². The molecule has 1 fully saturated rings. The van der Waals surface area contributed by atoms with Crippen molar-refractivity contribution in [2.45, 2.75) is 26.0 Å². The van der Waals surface area contributed by atoms with Crippen molar-refractivity contribution in [2.75, 3.05) is 13.1 Å². The van der Waals surface area contributed by atoms with E-state index in [4.69, 9.17) is 5.73 Å². The Kier molecular flexibility index (Phi) is 6.55. The van der Waals surface area contributed by atoms with Crippen LogP contribution in [0.15, 0.2) is 30.5 Å². The predicted octanol–water partition coefficient (Wildman–Crippen LogP) is 2.91. The number of amides is 1. The standard InChI is InChI=1S/C17H20F2N4O2.ClH/c1-10-5-11(7-20)9-23(10)16(24)14-8-21-22-15(14)12-3-2-4-13(6-12)25-17(18)19;/h2-4,6,8,10-11,17H,5,7,9,20H2,1H3,(H,21,22);1H. The van der Waals surface area contributed by atoms with Gasteiger partial charge in [0.25, 0.3) is 5.91 Å². The monoisotopic (exact) mass is 386 g/mol. The van der Waals surface area contributed by atoms with Crippen LogP contribution >= 0.6 is 12.4 Å². The SMILES string of the molecule is CC1CC(CN)CN1C(=O)c1cn[nH]c1-c1cccc(OC(F)F)c1.Cl. The molecule has 3 N–H and O–H groups in total. The summed E-state index contributed by atoms with van der Waals surface area (Å²) in [7, 11) is 0. The molecule has 2 aromatic rings. The van der Waals surface area contributed by atoms with Crippen LogP contribution < -0.4 is 10.5 Å². The molecule has 142 valence electrons. The molecule has 2 unspecified atom stereocenters. The second-order valence-corrected chi connectivity index (χ2v) is 6.21. The third-order valence-corrected chi connectivity index (χ3v) is 4.47. The maximum Gasteiger partial charge on any atom is 0.387 e. The summed E-state index contributed by atoms with van der Waals surface area (Å²) in [5, 5.41) is 6.74. The second kappa shape index (κ2) is 8.46. The number of alkyl halides is 2. The lowest BCUT2D eigenvalue weighted by Crippen LogP contribution is -2.34. The summed E-state index contributed by atoms with van der Waals surface area (Å²) in [5.74, 6) is 0.169. The molecule has 1 amide bonds. The average molecular weight is 387 g/mol. The van der Waals surface area contributed by atoms with E-state index >= 15 is 0 Å². The van der Waals surface area contributed by atoms with Crippen LogP contribution in [0.25, 0.3) is 11.3 Å². The highest BCUT2D eigenvalue weighted by molar-refractivity contribution is 6.00. The number of carbonyl (C=O) groups excluding carboxylic acids is 1. The molecule has 1 aliphatic heterocycles. The third kappa shape index (κ3) is 4.13. The van der Waals surface area contributed by atoms with Crippen LogP contribution in [0.4, 0.5) is 8.78 Å². The largest absolute Gasteiger partial charge is 0.435 e. The van der Waals surface area contributed by atoms with E-state index in [1.54, 1.807) is 17.0 Å². The molecule has 1 saturated heterocycles. The van der Waals surface area contributed by atoms with Crippen LogP contribution in [0.2, 0.25) is 0 Å². The van der Waals surface area contributed by atoms with Crippen molar-refractivity contribution in [1.82, 2.24) is 15.1 Å². The van der Waals surface area contributed by atoms with Crippen LogP contribution in [-0.4, -0.2) is 46.7 Å². The van der Waals surface area contributed by atoms with Crippen molar-refractivity contribution < 1.29 is 18.3 Å². The van der Waals surface area contributed by atoms with E-state index in [1.807, 2.05) is 6.92 Å². The molecule has 0 bridgehead atoms. The molecule has 0 saturated carbocycles. The fourth-order valence-corrected chi connectivity index (χ4v) is 3.25. The quantitative estimate of drug-likeness (QED) is 0.827. The molecule has 26 heavy (non-hydrogen) atoms. The number of nitrogens with one attached hydrogen (secondary N) is 1. The fraction of sp³-hybridized carbons (Fsp3) is 0.412.